The molecule has 0 aliphatic carbocycles. The Morgan fingerprint density at radius 1 is 1.19 bits per heavy atom. The number of amides is 1. The average molecular weight is 373 g/mol. The Kier molecular flexibility index (Phi) is 5.09. The number of hydrogen-bond donors (Lipinski definition) is 0. The quantitative estimate of drug-likeness (QED) is 0.798. The highest BCUT2D eigenvalue weighted by Gasteiger charge is 2.39. The van der Waals surface area contributed by atoms with E-state index < -0.39 is 0 Å². The molecule has 0 spiro atoms. The average Bonchev–Trinajstić information content (AvgIpc) is 3.20. The van der Waals surface area contributed by atoms with Gasteiger partial charge in [0.05, 0.1) is 31.5 Å². The van der Waals surface area contributed by atoms with E-state index in [0.29, 0.717) is 37.8 Å². The van der Waals surface area contributed by atoms with E-state index in [9.17, 15) is 4.79 Å². The van der Waals surface area contributed by atoms with Gasteiger partial charge in [-0.25, -0.2) is 0 Å². The van der Waals surface area contributed by atoms with Crippen LogP contribution in [0.15, 0.2) is 28.9 Å². The van der Waals surface area contributed by atoms with Crippen molar-refractivity contribution in [2.45, 2.75) is 38.6 Å². The standard InChI is InChI=1S/C19H23N3O5/c1-12-3-4-14(7-20-12)26-16-10-24-17-8-22(9-18(17)25-11-16)19(23)6-15-5-13(2)21-27-15/h3-5,7,16-18H,6,8-11H2,1-2H3/t17-,18-/m0/s1. The second-order valence-corrected chi connectivity index (χ2v) is 7.03. The highest BCUT2D eigenvalue weighted by atomic mass is 16.6. The summed E-state index contributed by atoms with van der Waals surface area (Å²) in [5, 5.41) is 3.81. The summed E-state index contributed by atoms with van der Waals surface area (Å²) in [6, 6.07) is 5.57. The lowest BCUT2D eigenvalue weighted by atomic mass is 10.3. The highest BCUT2D eigenvalue weighted by molar-refractivity contribution is 5.78. The summed E-state index contributed by atoms with van der Waals surface area (Å²) in [6.45, 7) is 5.61. The van der Waals surface area contributed by atoms with Crippen LogP contribution in [0.3, 0.4) is 0 Å². The summed E-state index contributed by atoms with van der Waals surface area (Å²) in [7, 11) is 0. The van der Waals surface area contributed by atoms with Crippen LogP contribution in [0, 0.1) is 13.8 Å². The van der Waals surface area contributed by atoms with Crippen molar-refractivity contribution in [1.82, 2.24) is 15.0 Å². The molecule has 8 heteroatoms. The predicted molar refractivity (Wildman–Crippen MR) is 94.4 cm³/mol. The van der Waals surface area contributed by atoms with E-state index in [1.165, 1.54) is 0 Å². The molecule has 27 heavy (non-hydrogen) atoms. The topological polar surface area (TPSA) is 86.9 Å². The smallest absolute Gasteiger partial charge is 0.230 e. The molecular weight excluding hydrogens is 350 g/mol. The Balaban J connectivity index is 1.29. The summed E-state index contributed by atoms with van der Waals surface area (Å²) in [4.78, 5) is 18.5. The Bertz CT molecular complexity index is 775. The molecule has 2 aliphatic rings. The van der Waals surface area contributed by atoms with Crippen molar-refractivity contribution in [2.75, 3.05) is 26.3 Å². The van der Waals surface area contributed by atoms with Gasteiger partial charge in [-0.3, -0.25) is 9.78 Å². The van der Waals surface area contributed by atoms with Gasteiger partial charge >= 0.3 is 0 Å². The van der Waals surface area contributed by atoms with Gasteiger partial charge in [0.25, 0.3) is 0 Å². The fourth-order valence-electron chi connectivity index (χ4n) is 3.32. The van der Waals surface area contributed by atoms with Gasteiger partial charge in [0, 0.05) is 24.8 Å². The molecule has 0 N–H and O–H groups in total. The Labute approximate surface area is 157 Å². The van der Waals surface area contributed by atoms with Crippen molar-refractivity contribution >= 4 is 5.91 Å². The third-order valence-electron chi connectivity index (χ3n) is 4.75. The van der Waals surface area contributed by atoms with Crippen molar-refractivity contribution in [1.29, 1.82) is 0 Å². The summed E-state index contributed by atoms with van der Waals surface area (Å²) < 4.78 is 23.0. The zero-order valence-corrected chi connectivity index (χ0v) is 15.5. The lowest BCUT2D eigenvalue weighted by Crippen LogP contribution is -2.33. The number of carbonyl (C=O) groups is 1. The molecule has 0 aromatic carbocycles. The van der Waals surface area contributed by atoms with Crippen LogP contribution >= 0.6 is 0 Å². The van der Waals surface area contributed by atoms with Crippen LogP contribution in [-0.4, -0.2) is 65.6 Å². The van der Waals surface area contributed by atoms with E-state index in [1.54, 1.807) is 17.2 Å². The molecule has 2 aromatic heterocycles. The minimum atomic E-state index is -0.193. The SMILES string of the molecule is Cc1ccc(OC2CO[C@H]3CN(C(=O)Cc4cc(C)no4)C[C@@H]3OC2)cn1. The normalized spacial score (nSPS) is 23.1. The second kappa shape index (κ2) is 7.66. The molecule has 4 rings (SSSR count). The number of rotatable bonds is 4. The van der Waals surface area contributed by atoms with Crippen molar-refractivity contribution < 1.29 is 23.5 Å². The first kappa shape index (κ1) is 17.9. The van der Waals surface area contributed by atoms with E-state index in [0.717, 1.165) is 11.4 Å². The molecular formula is C19H23N3O5. The minimum Gasteiger partial charge on any atom is -0.484 e. The third-order valence-corrected chi connectivity index (χ3v) is 4.75. The third kappa shape index (κ3) is 4.28. The van der Waals surface area contributed by atoms with E-state index >= 15 is 0 Å². The maximum absolute atomic E-state index is 12.5. The molecule has 144 valence electrons. The molecule has 0 bridgehead atoms. The molecule has 2 saturated heterocycles. The van der Waals surface area contributed by atoms with Crippen LogP contribution in [0.2, 0.25) is 0 Å². The van der Waals surface area contributed by atoms with E-state index in [-0.39, 0.29) is 30.6 Å². The van der Waals surface area contributed by atoms with E-state index in [1.807, 2.05) is 26.0 Å². The van der Waals surface area contributed by atoms with Gasteiger partial charge in [-0.05, 0) is 26.0 Å². The second-order valence-electron chi connectivity index (χ2n) is 7.03. The minimum absolute atomic E-state index is 0.00930. The zero-order valence-electron chi connectivity index (χ0n) is 15.5. The van der Waals surface area contributed by atoms with Crippen molar-refractivity contribution in [3.8, 4) is 5.75 Å². The van der Waals surface area contributed by atoms with Gasteiger partial charge in [-0.1, -0.05) is 5.16 Å². The molecule has 2 aliphatic heterocycles. The van der Waals surface area contributed by atoms with Gasteiger partial charge in [0.2, 0.25) is 5.91 Å². The Morgan fingerprint density at radius 3 is 2.52 bits per heavy atom. The van der Waals surface area contributed by atoms with E-state index in [4.69, 9.17) is 18.7 Å². The van der Waals surface area contributed by atoms with E-state index in [2.05, 4.69) is 10.1 Å². The lowest BCUT2D eigenvalue weighted by Gasteiger charge is -2.19. The molecule has 4 heterocycles. The number of pyridine rings is 1. The number of fused-ring (bicyclic) bond motifs is 1. The number of nitrogens with zero attached hydrogens (tertiary/aromatic N) is 3. The van der Waals surface area contributed by atoms with Crippen LogP contribution in [0.25, 0.3) is 0 Å². The molecule has 0 unspecified atom stereocenters. The molecule has 2 aromatic rings. The fourth-order valence-corrected chi connectivity index (χ4v) is 3.32. The van der Waals surface area contributed by atoms with Gasteiger partial charge in [0.15, 0.2) is 0 Å². The molecule has 2 fully saturated rings. The Hall–Kier alpha value is -2.45. The zero-order chi connectivity index (χ0) is 18.8. The molecule has 8 nitrogen and oxygen atoms in total. The van der Waals surface area contributed by atoms with Gasteiger partial charge < -0.3 is 23.6 Å². The van der Waals surface area contributed by atoms with Crippen LogP contribution in [0.4, 0.5) is 0 Å². The number of likely N-dealkylation sites (tertiary alicyclic amines) is 1. The van der Waals surface area contributed by atoms with Crippen LogP contribution in [-0.2, 0) is 20.7 Å². The largest absolute Gasteiger partial charge is 0.484 e. The maximum atomic E-state index is 12.5. The first-order valence-electron chi connectivity index (χ1n) is 9.09. The van der Waals surface area contributed by atoms with Gasteiger partial charge in [0.1, 0.15) is 29.8 Å². The van der Waals surface area contributed by atoms with Crippen molar-refractivity contribution in [3.05, 3.63) is 41.5 Å². The summed E-state index contributed by atoms with van der Waals surface area (Å²) in [5.41, 5.74) is 1.71. The first-order chi connectivity index (χ1) is 13.1. The molecule has 2 atom stereocenters. The van der Waals surface area contributed by atoms with Crippen LogP contribution in [0.5, 0.6) is 5.75 Å². The van der Waals surface area contributed by atoms with Gasteiger partial charge in [-0.15, -0.1) is 0 Å². The van der Waals surface area contributed by atoms with Crippen molar-refractivity contribution in [2.24, 2.45) is 0 Å². The molecule has 1 amide bonds. The fraction of sp³-hybridized carbons (Fsp3) is 0.526. The number of carbonyl (C=O) groups excluding carboxylic acids is 1. The molecule has 0 saturated carbocycles. The number of aromatic nitrogens is 2. The summed E-state index contributed by atoms with van der Waals surface area (Å²) in [5.74, 6) is 1.26. The highest BCUT2D eigenvalue weighted by Crippen LogP contribution is 2.23. The van der Waals surface area contributed by atoms with Crippen molar-refractivity contribution in [3.63, 3.8) is 0 Å². The maximum Gasteiger partial charge on any atom is 0.230 e. The predicted octanol–water partition coefficient (Wildman–Crippen LogP) is 1.30. The Morgan fingerprint density at radius 2 is 1.93 bits per heavy atom. The summed E-state index contributed by atoms with van der Waals surface area (Å²) >= 11 is 0. The van der Waals surface area contributed by atoms with Gasteiger partial charge in [-0.2, -0.15) is 0 Å². The number of ether oxygens (including phenoxy) is 3. The van der Waals surface area contributed by atoms with Crippen LogP contribution < -0.4 is 4.74 Å². The molecule has 0 radical (unpaired) electrons. The monoisotopic (exact) mass is 373 g/mol. The summed E-state index contributed by atoms with van der Waals surface area (Å²) in [6.07, 6.45) is 1.42. The number of hydrogen-bond acceptors (Lipinski definition) is 7. The lowest BCUT2D eigenvalue weighted by molar-refractivity contribution is -0.130. The van der Waals surface area contributed by atoms with Crippen LogP contribution in [0.1, 0.15) is 17.1 Å². The first-order valence-corrected chi connectivity index (χ1v) is 9.09. The number of aryl methyl sites for hydroxylation is 2.